The number of nitrogens with zero attached hydrogens (tertiary/aromatic N) is 2. The van der Waals surface area contributed by atoms with Crippen molar-refractivity contribution in [1.82, 2.24) is 47.0 Å². The molecule has 3 aliphatic heterocycles. The molecule has 0 aromatic heterocycles. The fourth-order valence-electron chi connectivity index (χ4n) is 15.0. The van der Waals surface area contributed by atoms with Crippen molar-refractivity contribution in [1.29, 1.82) is 0 Å². The van der Waals surface area contributed by atoms with E-state index < -0.39 is 193 Å². The average molecular weight is 1900 g/mol. The number of carboxylic acid groups (broad SMARTS) is 3. The van der Waals surface area contributed by atoms with Crippen LogP contribution < -0.4 is 37.2 Å². The van der Waals surface area contributed by atoms with Crippen molar-refractivity contribution < 1.29 is 132 Å². The van der Waals surface area contributed by atoms with Gasteiger partial charge in [0.1, 0.15) is 66.1 Å². The van der Waals surface area contributed by atoms with Crippen molar-refractivity contribution in [3.8, 4) is 11.1 Å². The Labute approximate surface area is 779 Å². The number of aryl methyl sites for hydroxylation is 1. The van der Waals surface area contributed by atoms with Gasteiger partial charge in [0, 0.05) is 68.9 Å². The molecule has 7 aromatic carbocycles. The molecule has 10 N–H and O–H groups in total. The third-order valence-corrected chi connectivity index (χ3v) is 22.0. The van der Waals surface area contributed by atoms with Crippen LogP contribution in [-0.4, -0.2) is 217 Å². The zero-order valence-electron chi connectivity index (χ0n) is 75.8. The van der Waals surface area contributed by atoms with Crippen molar-refractivity contribution in [2.75, 3.05) is 52.5 Å². The second-order valence-electron chi connectivity index (χ2n) is 34.2. The van der Waals surface area contributed by atoms with Gasteiger partial charge in [-0.1, -0.05) is 202 Å². The summed E-state index contributed by atoms with van der Waals surface area (Å²) >= 11 is 0. The first-order valence-electron chi connectivity index (χ1n) is 44.1. The summed E-state index contributed by atoms with van der Waals surface area (Å²) in [7, 11) is 0. The normalized spacial score (nSPS) is 17.3. The summed E-state index contributed by atoms with van der Waals surface area (Å²) in [6.45, 7) is 17.2. The number of aromatic carboxylic acids is 1. The number of nitrogens with one attached hydrogen (secondary N) is 7. The molecule has 3 unspecified atom stereocenters. The Bertz CT molecular complexity index is 4980. The molecule has 0 bridgehead atoms. The van der Waals surface area contributed by atoms with E-state index in [0.717, 1.165) is 38.9 Å². The first kappa shape index (κ1) is 109. The summed E-state index contributed by atoms with van der Waals surface area (Å²) in [6.07, 6.45) is -11.4. The number of carboxylic acids is 3. The second-order valence-corrected chi connectivity index (χ2v) is 34.2. The molecule has 7 aromatic rings. The number of halogens is 8. The van der Waals surface area contributed by atoms with Crippen LogP contribution in [-0.2, 0) is 94.6 Å². The van der Waals surface area contributed by atoms with Crippen LogP contribution in [0.3, 0.4) is 0 Å². The van der Waals surface area contributed by atoms with Gasteiger partial charge in [-0.05, 0) is 119 Å². The standard InChI is InChI=1S/C35H44F4N4O8.C27H25NO5.C25H29F4N3O3.C10H19NO4.CH4/c1-19(2)17-51-35(49)42-30(20(3)4)33(46)43-16-23(50-18-21-8-6-5-7-9-21)14-28(43)32(45)41-27(15-29(38)39)31(44)40-11-10-24-25(36)12-22(34(47)48)13-26(24)37;29-26(30)25-14-19(32-16-18-8-2-1-3-9-18)15-28(25)27(31)33-17-24-22-12-6-4-10-20(22)21-11-5-7-13-23(21)24;1-15-9-19(26)18(20(27)10-15)7-8-30-24(33)22(12-23(28)29)32-25(34)21-11-17(13-31-21)35-14-16-5-3-2-4-6-16;1-6(2)5-15-10(14)11-8(7(3)4)9(12)13;/h5-9,12-13,19-20,23,27-30H,10-11,14-18H2,1-4H3,(H,40,44)(H,41,45)(H,42,49)(H,47,48);1-13,19,24-25H,14-17H2,(H,29,30);2-6,9-10,17,21-23,31H,7-8,11-14H2,1H3,(H,30,33)(H,32,34);6-8H,5H2,1-4H3,(H,11,14)(H,12,13);1H4/t23-,27+,28?,30+;19-,25?;17-,21?,22+;8-;/m1110./s1. The van der Waals surface area contributed by atoms with E-state index in [1.54, 1.807) is 34.6 Å². The molecule has 734 valence electrons. The fraction of sp³-hybridized carbons (Fsp3) is 0.459. The maximum absolute atomic E-state index is 14.4. The fourth-order valence-corrected chi connectivity index (χ4v) is 15.0. The lowest BCUT2D eigenvalue weighted by Gasteiger charge is -2.31. The first-order valence-corrected chi connectivity index (χ1v) is 44.1. The third kappa shape index (κ3) is 34.4. The van der Waals surface area contributed by atoms with Gasteiger partial charge >= 0.3 is 36.2 Å². The van der Waals surface area contributed by atoms with Gasteiger partial charge in [-0.3, -0.25) is 28.9 Å². The lowest BCUT2D eigenvalue weighted by atomic mass is 9.98. The molecule has 11 rings (SSSR count). The van der Waals surface area contributed by atoms with Crippen LogP contribution in [0.15, 0.2) is 164 Å². The smallest absolute Gasteiger partial charge is 0.410 e. The summed E-state index contributed by atoms with van der Waals surface area (Å²) in [6, 6.07) is 39.9. The van der Waals surface area contributed by atoms with Crippen molar-refractivity contribution >= 4 is 65.7 Å². The quantitative estimate of drug-likeness (QED) is 0.0126. The summed E-state index contributed by atoms with van der Waals surface area (Å²) in [5.41, 5.74) is 6.40. The first-order chi connectivity index (χ1) is 63.7. The number of fused-ring (bicyclic) bond motifs is 3. The van der Waals surface area contributed by atoms with Crippen LogP contribution in [0.25, 0.3) is 11.1 Å². The van der Waals surface area contributed by atoms with Crippen LogP contribution in [0.1, 0.15) is 156 Å². The topological polar surface area (TPSA) is 395 Å². The van der Waals surface area contributed by atoms with Gasteiger partial charge in [0.25, 0.3) is 0 Å². The maximum Gasteiger partial charge on any atom is 0.410 e. The third-order valence-electron chi connectivity index (χ3n) is 22.0. The highest BCUT2D eigenvalue weighted by molar-refractivity contribution is 5.95. The van der Waals surface area contributed by atoms with Crippen molar-refractivity contribution in [2.24, 2.45) is 23.7 Å². The number of alkyl halides is 4. The highest BCUT2D eigenvalue weighted by atomic mass is 19.3. The SMILES string of the molecule is C.CC(C)COC(=O)N[C@H](C(=O)N1C[C@H](OCc2ccccc2)CC1C(=O)N[C@@H](CC(F)F)C(=O)NCCc1c(F)cc(C(=O)O)cc1F)C(C)C.CC(C)COC(=O)N[C@H](C(=O)O)C(C)C.Cc1cc(F)c(CCNC(=O)[C@H](CC(F)F)NC(=O)C2C[C@@H](OCc3ccccc3)CN2)c(F)c1.O=C(O)C1C[C@@H](OCc2ccccc2)CN1C(=O)OCC1c2ccccc2-c2ccccc21. The minimum atomic E-state index is -3.05. The molecule has 135 heavy (non-hydrogen) atoms. The molecule has 0 spiro atoms. The van der Waals surface area contributed by atoms with E-state index >= 15 is 0 Å². The van der Waals surface area contributed by atoms with E-state index in [2.05, 4.69) is 61.5 Å². The van der Waals surface area contributed by atoms with Crippen molar-refractivity contribution in [3.63, 3.8) is 0 Å². The van der Waals surface area contributed by atoms with Crippen LogP contribution >= 0.6 is 0 Å². The Balaban J connectivity index is 0.000000261. The maximum atomic E-state index is 14.4. The zero-order chi connectivity index (χ0) is 98.0. The highest BCUT2D eigenvalue weighted by Crippen LogP contribution is 2.45. The number of carbonyl (C=O) groups is 11. The molecule has 3 heterocycles. The largest absolute Gasteiger partial charge is 0.480 e. The molecule has 29 nitrogen and oxygen atoms in total. The highest BCUT2D eigenvalue weighted by Gasteiger charge is 2.46. The Morgan fingerprint density at radius 2 is 0.874 bits per heavy atom. The summed E-state index contributed by atoms with van der Waals surface area (Å²) in [5, 5.41) is 44.6. The van der Waals surface area contributed by atoms with E-state index in [-0.39, 0.29) is 114 Å². The van der Waals surface area contributed by atoms with E-state index in [9.17, 15) is 93.0 Å². The number of alkyl carbamates (subject to hydrolysis) is 2. The van der Waals surface area contributed by atoms with Crippen molar-refractivity contribution in [3.05, 3.63) is 237 Å². The van der Waals surface area contributed by atoms with E-state index in [1.807, 2.05) is 143 Å². The van der Waals surface area contributed by atoms with E-state index in [4.69, 9.17) is 38.6 Å². The molecule has 10 atom stereocenters. The van der Waals surface area contributed by atoms with Gasteiger partial charge in [0.15, 0.2) is 0 Å². The minimum absolute atomic E-state index is 0. The van der Waals surface area contributed by atoms with Crippen LogP contribution in [0.2, 0.25) is 0 Å². The van der Waals surface area contributed by atoms with E-state index in [0.29, 0.717) is 43.9 Å². The Kier molecular flexibility index (Phi) is 43.8. The molecular weight excluding hydrogens is 1780 g/mol. The predicted molar refractivity (Wildman–Crippen MR) is 483 cm³/mol. The molecule has 3 saturated heterocycles. The van der Waals surface area contributed by atoms with Gasteiger partial charge in [0.05, 0.1) is 69.5 Å². The zero-order valence-corrected chi connectivity index (χ0v) is 75.8. The van der Waals surface area contributed by atoms with E-state index in [1.165, 1.54) is 21.9 Å². The van der Waals surface area contributed by atoms with Gasteiger partial charge in [0.2, 0.25) is 42.4 Å². The number of likely N-dealkylation sites (tertiary alicyclic amines) is 2. The van der Waals surface area contributed by atoms with Gasteiger partial charge < -0.3 is 85.9 Å². The monoisotopic (exact) mass is 1900 g/mol. The van der Waals surface area contributed by atoms with Gasteiger partial charge in [-0.25, -0.2) is 63.9 Å². The number of hydrogen-bond donors (Lipinski definition) is 10. The summed E-state index contributed by atoms with van der Waals surface area (Å²) in [4.78, 5) is 138. The lowest BCUT2D eigenvalue weighted by molar-refractivity contribution is -0.142. The van der Waals surface area contributed by atoms with Crippen LogP contribution in [0.4, 0.5) is 49.5 Å². The Morgan fingerprint density at radius 1 is 0.474 bits per heavy atom. The minimum Gasteiger partial charge on any atom is -0.480 e. The molecule has 0 saturated carbocycles. The summed E-state index contributed by atoms with van der Waals surface area (Å²) < 4.78 is 143. The number of hydrogen-bond acceptors (Lipinski definition) is 18. The molecule has 4 aliphatic rings. The van der Waals surface area contributed by atoms with Crippen LogP contribution in [0, 0.1) is 53.9 Å². The number of amides is 8. The second kappa shape index (κ2) is 54.1. The van der Waals surface area contributed by atoms with Gasteiger partial charge in [-0.2, -0.15) is 0 Å². The Morgan fingerprint density at radius 3 is 1.29 bits per heavy atom. The molecule has 0 radical (unpaired) electrons. The Hall–Kier alpha value is -12.6. The lowest BCUT2D eigenvalue weighted by Crippen LogP contribution is -2.57. The predicted octanol–water partition coefficient (Wildman–Crippen LogP) is 13.9. The average Bonchev–Trinajstić information content (AvgIpc) is 1.61. The summed E-state index contributed by atoms with van der Waals surface area (Å²) in [5.74, 6) is -12.0. The molecular formula is C98H121F8N9O20. The van der Waals surface area contributed by atoms with Crippen molar-refractivity contribution in [2.45, 2.75) is 214 Å². The number of aliphatic carboxylic acids is 2. The number of ether oxygens (including phenoxy) is 6. The number of benzene rings is 7. The van der Waals surface area contributed by atoms with Gasteiger partial charge in [-0.15, -0.1) is 0 Å². The van der Waals surface area contributed by atoms with Crippen LogP contribution in [0.5, 0.6) is 0 Å². The molecule has 37 heteroatoms. The molecule has 8 amide bonds. The molecule has 1 aliphatic carbocycles. The number of carbonyl (C=O) groups excluding carboxylic acids is 8. The number of rotatable bonds is 39. The molecule has 3 fully saturated rings.